The van der Waals surface area contributed by atoms with Crippen LogP contribution in [0.1, 0.15) is 6.92 Å². The molecule has 2 nitrogen and oxygen atoms in total. The number of allylic oxidation sites excluding steroid dienone is 2. The first-order valence-corrected chi connectivity index (χ1v) is 2.25. The van der Waals surface area contributed by atoms with Gasteiger partial charge in [0, 0.05) is 6.08 Å². The van der Waals surface area contributed by atoms with Crippen molar-refractivity contribution in [2.45, 2.75) is 6.92 Å². The second-order valence-electron chi connectivity index (χ2n) is 1.60. The minimum Gasteiger partial charge on any atom is -0.0964 e. The summed E-state index contributed by atoms with van der Waals surface area (Å²) in [6.45, 7) is 2.02. The van der Waals surface area contributed by atoms with E-state index in [2.05, 4.69) is 5.10 Å². The standard InChI is InChI=1S/C5H8N2/c1-5-3-4-6-7(5)2/h3-4H,1-2H3/q+1. The molecule has 1 aliphatic rings. The summed E-state index contributed by atoms with van der Waals surface area (Å²) in [6.07, 6.45) is 3.76. The Morgan fingerprint density at radius 1 is 1.71 bits per heavy atom. The molecule has 0 saturated carbocycles. The van der Waals surface area contributed by atoms with Crippen LogP contribution in [0.15, 0.2) is 11.8 Å². The molecule has 1 heterocycles. The molecule has 0 spiro atoms. The van der Waals surface area contributed by atoms with Gasteiger partial charge in [0.1, 0.15) is 0 Å². The van der Waals surface area contributed by atoms with Gasteiger partial charge < -0.3 is 0 Å². The van der Waals surface area contributed by atoms with Crippen molar-refractivity contribution in [1.82, 2.24) is 10.1 Å². The maximum Gasteiger partial charge on any atom is 0.277 e. The Balaban J connectivity index is 2.69. The first-order valence-electron chi connectivity index (χ1n) is 2.25. The van der Waals surface area contributed by atoms with Crippen molar-refractivity contribution in [1.29, 1.82) is 0 Å². The van der Waals surface area contributed by atoms with Gasteiger partial charge in [-0.1, -0.05) is 5.01 Å². The molecule has 0 amide bonds. The summed E-state index contributed by atoms with van der Waals surface area (Å²) < 4.78 is 0. The van der Waals surface area contributed by atoms with E-state index in [1.54, 1.807) is 6.21 Å². The number of nitrogens with zero attached hydrogens (tertiary/aromatic N) is 2. The second kappa shape index (κ2) is 1.37. The topological polar surface area (TPSA) is 17.3 Å². The number of hydrogen-bond acceptors (Lipinski definition) is 2. The van der Waals surface area contributed by atoms with E-state index in [0.29, 0.717) is 0 Å². The van der Waals surface area contributed by atoms with Crippen LogP contribution in [0.5, 0.6) is 0 Å². The van der Waals surface area contributed by atoms with E-state index in [4.69, 9.17) is 0 Å². The van der Waals surface area contributed by atoms with Crippen molar-refractivity contribution in [2.75, 3.05) is 7.05 Å². The fourth-order valence-corrected chi connectivity index (χ4v) is 0.440. The van der Waals surface area contributed by atoms with E-state index in [1.165, 1.54) is 5.70 Å². The van der Waals surface area contributed by atoms with Gasteiger partial charge >= 0.3 is 0 Å². The Morgan fingerprint density at radius 3 is 2.57 bits per heavy atom. The molecule has 7 heavy (non-hydrogen) atoms. The molecular weight excluding hydrogens is 88.1 g/mol. The molecule has 0 aromatic heterocycles. The molecule has 1 radical (unpaired) electrons. The highest BCUT2D eigenvalue weighted by Crippen LogP contribution is 1.96. The Bertz CT molecular complexity index is 124. The van der Waals surface area contributed by atoms with E-state index in [9.17, 15) is 0 Å². The quantitative estimate of drug-likeness (QED) is 0.420. The van der Waals surface area contributed by atoms with Gasteiger partial charge in [0.25, 0.3) is 6.21 Å². The van der Waals surface area contributed by atoms with Gasteiger partial charge in [-0.05, 0) is 6.92 Å². The summed E-state index contributed by atoms with van der Waals surface area (Å²) in [5.41, 5.74) is 1.19. The monoisotopic (exact) mass is 96.1 g/mol. The molecule has 1 rings (SSSR count). The maximum absolute atomic E-state index is 3.93. The van der Waals surface area contributed by atoms with Crippen LogP contribution in [0, 0.1) is 0 Å². The highest BCUT2D eigenvalue weighted by Gasteiger charge is 2.10. The van der Waals surface area contributed by atoms with Gasteiger partial charge in [0.2, 0.25) is 0 Å². The molecule has 0 N–H and O–H groups in total. The summed E-state index contributed by atoms with van der Waals surface area (Å²) in [7, 11) is 1.93. The van der Waals surface area contributed by atoms with Gasteiger partial charge in [0.15, 0.2) is 5.10 Å². The average molecular weight is 96.1 g/mol. The lowest BCUT2D eigenvalue weighted by Gasteiger charge is -1.91. The predicted octanol–water partition coefficient (Wildman–Crippen LogP) is 0.157. The van der Waals surface area contributed by atoms with Crippen LogP contribution in [0.3, 0.4) is 0 Å². The third-order valence-electron chi connectivity index (χ3n) is 1.07. The lowest BCUT2D eigenvalue weighted by atomic mass is 10.5. The van der Waals surface area contributed by atoms with E-state index in [-0.39, 0.29) is 0 Å². The molecule has 37 valence electrons. The molecule has 2 heteroatoms. The van der Waals surface area contributed by atoms with Gasteiger partial charge in [-0.25, -0.2) is 0 Å². The molecule has 0 bridgehead atoms. The van der Waals surface area contributed by atoms with E-state index in [0.717, 1.165) is 0 Å². The first kappa shape index (κ1) is 4.37. The molecule has 0 atom stereocenters. The molecule has 0 fully saturated rings. The van der Waals surface area contributed by atoms with Gasteiger partial charge in [0.05, 0.1) is 12.7 Å². The fourth-order valence-electron chi connectivity index (χ4n) is 0.440. The van der Waals surface area contributed by atoms with Crippen LogP contribution in [0.25, 0.3) is 0 Å². The third-order valence-corrected chi connectivity index (χ3v) is 1.07. The van der Waals surface area contributed by atoms with E-state index in [1.807, 2.05) is 25.1 Å². The minimum absolute atomic E-state index is 1.19. The highest BCUT2D eigenvalue weighted by atomic mass is 15.4. The van der Waals surface area contributed by atoms with Crippen molar-refractivity contribution in [2.24, 2.45) is 0 Å². The number of hydrogen-bond donors (Lipinski definition) is 0. The second-order valence-corrected chi connectivity index (χ2v) is 1.60. The first-order chi connectivity index (χ1) is 3.30. The normalized spacial score (nSPS) is 18.0. The largest absolute Gasteiger partial charge is 0.277 e. The van der Waals surface area contributed by atoms with Gasteiger partial charge in [-0.15, -0.1) is 0 Å². The molecular formula is C5H8N2+. The molecule has 0 aliphatic carbocycles. The van der Waals surface area contributed by atoms with Gasteiger partial charge in [-0.2, -0.15) is 0 Å². The Labute approximate surface area is 43.1 Å². The molecule has 0 aromatic carbocycles. The van der Waals surface area contributed by atoms with Crippen molar-refractivity contribution in [3.8, 4) is 0 Å². The summed E-state index contributed by atoms with van der Waals surface area (Å²) >= 11 is 0. The third kappa shape index (κ3) is 0.633. The van der Waals surface area contributed by atoms with Crippen molar-refractivity contribution in [3.63, 3.8) is 0 Å². The van der Waals surface area contributed by atoms with E-state index >= 15 is 0 Å². The summed E-state index contributed by atoms with van der Waals surface area (Å²) in [4.78, 5) is 0. The summed E-state index contributed by atoms with van der Waals surface area (Å²) in [6, 6.07) is 0. The van der Waals surface area contributed by atoms with Crippen molar-refractivity contribution < 1.29 is 0 Å². The summed E-state index contributed by atoms with van der Waals surface area (Å²) in [5.74, 6) is 0. The molecule has 0 aromatic rings. The number of hydrazone groups is 1. The lowest BCUT2D eigenvalue weighted by molar-refractivity contribution is 0.406. The SMILES string of the molecule is CC1=CC=[N+]N1C. The highest BCUT2D eigenvalue weighted by molar-refractivity contribution is 5.72. The minimum atomic E-state index is 1.19. The zero-order valence-corrected chi connectivity index (χ0v) is 4.55. The Hall–Kier alpha value is -0.790. The average Bonchev–Trinajstić information content (AvgIpc) is 1.91. The van der Waals surface area contributed by atoms with E-state index < -0.39 is 0 Å². The van der Waals surface area contributed by atoms with Crippen molar-refractivity contribution >= 4 is 6.21 Å². The predicted molar refractivity (Wildman–Crippen MR) is 29.7 cm³/mol. The van der Waals surface area contributed by atoms with Crippen LogP contribution in [-0.2, 0) is 0 Å². The van der Waals surface area contributed by atoms with Crippen LogP contribution in [0.4, 0.5) is 0 Å². The van der Waals surface area contributed by atoms with Crippen molar-refractivity contribution in [3.05, 3.63) is 11.8 Å². The zero-order chi connectivity index (χ0) is 5.28. The smallest absolute Gasteiger partial charge is 0.0964 e. The van der Waals surface area contributed by atoms with Gasteiger partial charge in [-0.3, -0.25) is 0 Å². The molecule has 0 unspecified atom stereocenters. The number of rotatable bonds is 0. The molecule has 0 saturated heterocycles. The fraction of sp³-hybridized carbons (Fsp3) is 0.400. The zero-order valence-electron chi connectivity index (χ0n) is 4.55. The van der Waals surface area contributed by atoms with Crippen LogP contribution in [0.2, 0.25) is 0 Å². The Kier molecular flexibility index (Phi) is 0.855. The molecule has 1 aliphatic heterocycles. The van der Waals surface area contributed by atoms with Crippen LogP contribution < -0.4 is 5.10 Å². The summed E-state index contributed by atoms with van der Waals surface area (Å²) in [5, 5.41) is 5.77. The van der Waals surface area contributed by atoms with Crippen LogP contribution in [-0.4, -0.2) is 18.3 Å². The lowest BCUT2D eigenvalue weighted by Crippen LogP contribution is -2.12. The maximum atomic E-state index is 3.93. The van der Waals surface area contributed by atoms with Crippen LogP contribution >= 0.6 is 0 Å². The Morgan fingerprint density at radius 2 is 2.43 bits per heavy atom.